The van der Waals surface area contributed by atoms with Gasteiger partial charge < -0.3 is 9.64 Å². The molecule has 1 amide bonds. The Balaban J connectivity index is 2.11. The number of fused-ring (bicyclic) bond motifs is 1. The lowest BCUT2D eigenvalue weighted by Crippen LogP contribution is -2.62. The Hall–Kier alpha value is -0.190. The van der Waals surface area contributed by atoms with Crippen molar-refractivity contribution in [3.63, 3.8) is 0 Å². The van der Waals surface area contributed by atoms with Gasteiger partial charge in [-0.05, 0) is 5.57 Å². The van der Waals surface area contributed by atoms with E-state index in [0.29, 0.717) is 5.88 Å². The van der Waals surface area contributed by atoms with Gasteiger partial charge in [-0.15, -0.1) is 23.4 Å². The molecular formula is C8H10ClNO2S. The maximum Gasteiger partial charge on any atom is 0.259 e. The number of nitrogens with zero attached hydrogens (tertiary/aromatic N) is 1. The maximum atomic E-state index is 11.4. The Labute approximate surface area is 86.1 Å². The lowest BCUT2D eigenvalue weighted by molar-refractivity contribution is -0.156. The topological polar surface area (TPSA) is 29.5 Å². The van der Waals surface area contributed by atoms with Crippen LogP contribution in [-0.2, 0) is 9.53 Å². The zero-order valence-electron chi connectivity index (χ0n) is 7.20. The van der Waals surface area contributed by atoms with Gasteiger partial charge in [0.1, 0.15) is 5.37 Å². The van der Waals surface area contributed by atoms with Crippen molar-refractivity contribution < 1.29 is 9.53 Å². The lowest BCUT2D eigenvalue weighted by Gasteiger charge is -2.46. The van der Waals surface area contributed by atoms with Gasteiger partial charge in [-0.2, -0.15) is 0 Å². The molecule has 0 bridgehead atoms. The third-order valence-electron chi connectivity index (χ3n) is 2.22. The van der Waals surface area contributed by atoms with Crippen LogP contribution >= 0.6 is 23.4 Å². The number of carbonyl (C=O) groups excluding carboxylic acids is 1. The second kappa shape index (κ2) is 3.52. The average molecular weight is 220 g/mol. The van der Waals surface area contributed by atoms with Gasteiger partial charge in [0.25, 0.3) is 5.91 Å². The summed E-state index contributed by atoms with van der Waals surface area (Å²) in [6, 6.07) is 0. The SMILES string of the molecule is COC1C(=O)N2C=C(CCl)CS[C@@H]12. The highest BCUT2D eigenvalue weighted by Gasteiger charge is 2.48. The molecule has 2 aliphatic heterocycles. The molecule has 1 unspecified atom stereocenters. The average Bonchev–Trinajstić information content (AvgIpc) is 2.18. The van der Waals surface area contributed by atoms with E-state index < -0.39 is 0 Å². The summed E-state index contributed by atoms with van der Waals surface area (Å²) in [5.41, 5.74) is 1.10. The summed E-state index contributed by atoms with van der Waals surface area (Å²) >= 11 is 7.39. The van der Waals surface area contributed by atoms with E-state index in [0.717, 1.165) is 11.3 Å². The minimum atomic E-state index is -0.252. The van der Waals surface area contributed by atoms with Gasteiger partial charge >= 0.3 is 0 Å². The molecule has 1 saturated heterocycles. The standard InChI is InChI=1S/C8H10ClNO2S/c1-12-6-7(11)10-3-5(2-9)4-13-8(6)10/h3,6,8H,2,4H2,1H3/t6?,8-/m0/s1. The van der Waals surface area contributed by atoms with Crippen LogP contribution in [0.3, 0.4) is 0 Å². The highest BCUT2D eigenvalue weighted by atomic mass is 35.5. The molecule has 72 valence electrons. The van der Waals surface area contributed by atoms with Crippen molar-refractivity contribution in [1.82, 2.24) is 4.90 Å². The van der Waals surface area contributed by atoms with Gasteiger partial charge in [0.15, 0.2) is 6.10 Å². The van der Waals surface area contributed by atoms with E-state index in [1.807, 2.05) is 6.20 Å². The van der Waals surface area contributed by atoms with E-state index in [1.165, 1.54) is 0 Å². The van der Waals surface area contributed by atoms with E-state index in [4.69, 9.17) is 16.3 Å². The Morgan fingerprint density at radius 3 is 3.23 bits per heavy atom. The number of hydrogen-bond acceptors (Lipinski definition) is 3. The first-order chi connectivity index (χ1) is 6.27. The van der Waals surface area contributed by atoms with Crippen LogP contribution in [0.15, 0.2) is 11.8 Å². The van der Waals surface area contributed by atoms with Crippen molar-refractivity contribution in [3.05, 3.63) is 11.8 Å². The molecular weight excluding hydrogens is 210 g/mol. The molecule has 0 aromatic heterocycles. The number of methoxy groups -OCH3 is 1. The number of carbonyl (C=O) groups is 1. The van der Waals surface area contributed by atoms with Crippen LogP contribution in [-0.4, -0.2) is 41.0 Å². The predicted octanol–water partition coefficient (Wildman–Crippen LogP) is 1.04. The van der Waals surface area contributed by atoms with Crippen LogP contribution in [0.25, 0.3) is 0 Å². The van der Waals surface area contributed by atoms with Crippen molar-refractivity contribution in [2.75, 3.05) is 18.7 Å². The Bertz CT molecular complexity index is 269. The summed E-state index contributed by atoms with van der Waals surface area (Å²) in [6.45, 7) is 0. The summed E-state index contributed by atoms with van der Waals surface area (Å²) in [7, 11) is 1.57. The molecule has 0 spiro atoms. The minimum Gasteiger partial charge on any atom is -0.368 e. The lowest BCUT2D eigenvalue weighted by atomic mass is 10.1. The molecule has 0 N–H and O–H groups in total. The van der Waals surface area contributed by atoms with Gasteiger partial charge in [-0.1, -0.05) is 0 Å². The Morgan fingerprint density at radius 1 is 1.85 bits per heavy atom. The number of thioether (sulfide) groups is 1. The molecule has 2 atom stereocenters. The number of hydrogen-bond donors (Lipinski definition) is 0. The maximum absolute atomic E-state index is 11.4. The monoisotopic (exact) mass is 219 g/mol. The van der Waals surface area contributed by atoms with Crippen molar-refractivity contribution >= 4 is 29.3 Å². The number of amides is 1. The normalized spacial score (nSPS) is 32.3. The van der Waals surface area contributed by atoms with Gasteiger partial charge in [0, 0.05) is 24.9 Å². The van der Waals surface area contributed by atoms with Gasteiger partial charge in [0.05, 0.1) is 0 Å². The highest BCUT2D eigenvalue weighted by molar-refractivity contribution is 8.00. The predicted molar refractivity (Wildman–Crippen MR) is 52.7 cm³/mol. The summed E-state index contributed by atoms with van der Waals surface area (Å²) in [4.78, 5) is 13.1. The summed E-state index contributed by atoms with van der Waals surface area (Å²) in [5, 5.41) is 0.171. The minimum absolute atomic E-state index is 0.0438. The summed E-state index contributed by atoms with van der Waals surface area (Å²) in [5.74, 6) is 1.45. The number of rotatable bonds is 2. The van der Waals surface area contributed by atoms with Gasteiger partial charge in [-0.25, -0.2) is 0 Å². The number of halogens is 1. The Kier molecular flexibility index (Phi) is 2.53. The molecule has 2 heterocycles. The van der Waals surface area contributed by atoms with E-state index in [2.05, 4.69) is 0 Å². The fourth-order valence-corrected chi connectivity index (χ4v) is 3.04. The number of alkyl halides is 1. The molecule has 2 aliphatic rings. The first-order valence-corrected chi connectivity index (χ1v) is 5.58. The quantitative estimate of drug-likeness (QED) is 0.514. The number of ether oxygens (including phenoxy) is 1. The zero-order valence-corrected chi connectivity index (χ0v) is 8.77. The molecule has 5 heteroatoms. The van der Waals surface area contributed by atoms with Crippen molar-refractivity contribution in [3.8, 4) is 0 Å². The molecule has 0 aromatic carbocycles. The van der Waals surface area contributed by atoms with E-state index in [-0.39, 0.29) is 17.4 Å². The second-order valence-electron chi connectivity index (χ2n) is 3.02. The largest absolute Gasteiger partial charge is 0.368 e. The van der Waals surface area contributed by atoms with Crippen molar-refractivity contribution in [2.45, 2.75) is 11.5 Å². The molecule has 0 saturated carbocycles. The molecule has 13 heavy (non-hydrogen) atoms. The number of β-lactam (4-membered cyclic amide) rings is 1. The van der Waals surface area contributed by atoms with E-state index in [9.17, 15) is 4.79 Å². The van der Waals surface area contributed by atoms with Crippen LogP contribution in [0.2, 0.25) is 0 Å². The molecule has 2 rings (SSSR count). The van der Waals surface area contributed by atoms with Crippen LogP contribution in [0, 0.1) is 0 Å². The van der Waals surface area contributed by atoms with Crippen LogP contribution in [0.1, 0.15) is 0 Å². The molecule has 0 radical (unpaired) electrons. The molecule has 3 nitrogen and oxygen atoms in total. The van der Waals surface area contributed by atoms with Crippen LogP contribution < -0.4 is 0 Å². The van der Waals surface area contributed by atoms with Crippen molar-refractivity contribution in [2.24, 2.45) is 0 Å². The molecule has 1 fully saturated rings. The van der Waals surface area contributed by atoms with Crippen LogP contribution in [0.4, 0.5) is 0 Å². The molecule has 0 aromatic rings. The first-order valence-electron chi connectivity index (χ1n) is 4.00. The molecule has 0 aliphatic carbocycles. The summed E-state index contributed by atoms with van der Waals surface area (Å²) in [6.07, 6.45) is 1.60. The second-order valence-corrected chi connectivity index (χ2v) is 4.40. The first kappa shape index (κ1) is 9.37. The van der Waals surface area contributed by atoms with Crippen LogP contribution in [0.5, 0.6) is 0 Å². The third-order valence-corrected chi connectivity index (χ3v) is 3.91. The highest BCUT2D eigenvalue weighted by Crippen LogP contribution is 2.37. The third kappa shape index (κ3) is 1.37. The van der Waals surface area contributed by atoms with Crippen molar-refractivity contribution in [1.29, 1.82) is 0 Å². The smallest absolute Gasteiger partial charge is 0.259 e. The fourth-order valence-electron chi connectivity index (χ4n) is 1.48. The van der Waals surface area contributed by atoms with Gasteiger partial charge in [0.2, 0.25) is 0 Å². The van der Waals surface area contributed by atoms with Gasteiger partial charge in [-0.3, -0.25) is 4.79 Å². The zero-order chi connectivity index (χ0) is 9.42. The fraction of sp³-hybridized carbons (Fsp3) is 0.625. The van der Waals surface area contributed by atoms with E-state index in [1.54, 1.807) is 23.8 Å². The Morgan fingerprint density at radius 2 is 2.62 bits per heavy atom. The van der Waals surface area contributed by atoms with E-state index >= 15 is 0 Å². The summed E-state index contributed by atoms with van der Waals surface area (Å²) < 4.78 is 5.06.